The van der Waals surface area contributed by atoms with E-state index in [1.54, 1.807) is 0 Å². The summed E-state index contributed by atoms with van der Waals surface area (Å²) in [5.74, 6) is 7.49. The van der Waals surface area contributed by atoms with Gasteiger partial charge in [-0.1, -0.05) is 333 Å². The number of benzene rings is 14. The molecular weight excluding hydrogens is 1030 g/mol. The summed E-state index contributed by atoms with van der Waals surface area (Å²) in [7, 11) is 0. The van der Waals surface area contributed by atoms with Crippen molar-refractivity contribution in [2.45, 2.75) is 0 Å². The smallest absolute Gasteiger partial charge is 0.0261 e. The number of hydrogen-bond acceptors (Lipinski definition) is 0. The van der Waals surface area contributed by atoms with Gasteiger partial charge in [-0.2, -0.15) is 0 Å². The lowest BCUT2D eigenvalue weighted by molar-refractivity contribution is 1.49. The number of rotatable bonds is 12. The Morgan fingerprint density at radius 1 is 0.116 bits per heavy atom. The van der Waals surface area contributed by atoms with Crippen LogP contribution in [0.1, 0.15) is 11.1 Å². The first-order valence-corrected chi connectivity index (χ1v) is 29.5. The minimum atomic E-state index is 0.890. The van der Waals surface area contributed by atoms with Crippen LogP contribution in [0.3, 0.4) is 0 Å². The van der Waals surface area contributed by atoms with Gasteiger partial charge in [0.05, 0.1) is 0 Å². The molecule has 0 radical (unpaired) electrons. The summed E-state index contributed by atoms with van der Waals surface area (Å²) >= 11 is 0. The van der Waals surface area contributed by atoms with Crippen LogP contribution in [0.15, 0.2) is 352 Å². The van der Waals surface area contributed by atoms with Gasteiger partial charge in [0, 0.05) is 11.1 Å². The normalized spacial score (nSPS) is 10.9. The molecule has 0 saturated heterocycles. The zero-order chi connectivity index (χ0) is 57.4. The highest BCUT2D eigenvalue weighted by molar-refractivity contribution is 6.18. The van der Waals surface area contributed by atoms with Gasteiger partial charge >= 0.3 is 0 Å². The Labute approximate surface area is 505 Å². The first kappa shape index (κ1) is 52.7. The van der Waals surface area contributed by atoms with Crippen molar-refractivity contribution in [1.82, 2.24) is 0 Å². The van der Waals surface area contributed by atoms with Crippen molar-refractivity contribution in [3.63, 3.8) is 0 Å². The van der Waals surface area contributed by atoms with Gasteiger partial charge in [0.1, 0.15) is 0 Å². The molecule has 0 aromatic heterocycles. The average Bonchev–Trinajstić information content (AvgIpc) is 0.904. The van der Waals surface area contributed by atoms with Gasteiger partial charge in [-0.05, 0) is 164 Å². The Morgan fingerprint density at radius 2 is 0.256 bits per heavy atom. The molecule has 0 N–H and O–H groups in total. The van der Waals surface area contributed by atoms with Crippen molar-refractivity contribution < 1.29 is 0 Å². The van der Waals surface area contributed by atoms with E-state index >= 15 is 0 Å². The molecule has 0 bridgehead atoms. The summed E-state index contributed by atoms with van der Waals surface area (Å²) in [6, 6.07) is 128. The highest BCUT2D eigenvalue weighted by Crippen LogP contribution is 2.59. The minimum Gasteiger partial charge on any atom is -0.0622 e. The molecule has 0 heteroatoms. The first-order chi connectivity index (χ1) is 42.7. The molecule has 0 aliphatic carbocycles. The van der Waals surface area contributed by atoms with Gasteiger partial charge in [-0.15, -0.1) is 0 Å². The van der Waals surface area contributed by atoms with Crippen molar-refractivity contribution in [2.24, 2.45) is 0 Å². The SMILES string of the molecule is C(#Cc1cc(-c2c(-c3ccccc3)c(-c3ccccc3)c(-c3ccccc3)c(-c3ccccc3)c2-c2ccccc2)cc(-c2c(-c3ccccc3)c(-c3ccccc3)c(-c3ccccc3)c(-c3ccccc3)c2-c2ccccc2)c1)c1ccccc1. The molecule has 86 heavy (non-hydrogen) atoms. The summed E-state index contributed by atoms with van der Waals surface area (Å²) in [5, 5.41) is 0. The lowest BCUT2D eigenvalue weighted by Crippen LogP contribution is -2.04. The van der Waals surface area contributed by atoms with Crippen LogP contribution in [0, 0.1) is 11.8 Å². The van der Waals surface area contributed by atoms with Crippen LogP contribution in [0.25, 0.3) is 134 Å². The highest BCUT2D eigenvalue weighted by atomic mass is 14.3. The van der Waals surface area contributed by atoms with E-state index in [0.29, 0.717) is 0 Å². The minimum absolute atomic E-state index is 0.890. The second-order valence-electron chi connectivity index (χ2n) is 21.6. The molecular formula is C86H58. The van der Waals surface area contributed by atoms with E-state index < -0.39 is 0 Å². The molecule has 0 nitrogen and oxygen atoms in total. The molecule has 402 valence electrons. The second kappa shape index (κ2) is 24.2. The Hall–Kier alpha value is -11.4. The molecule has 0 saturated carbocycles. The van der Waals surface area contributed by atoms with Crippen LogP contribution in [-0.4, -0.2) is 0 Å². The van der Waals surface area contributed by atoms with Crippen LogP contribution in [0.5, 0.6) is 0 Å². The maximum atomic E-state index is 3.83. The van der Waals surface area contributed by atoms with Crippen molar-refractivity contribution in [1.29, 1.82) is 0 Å². The lowest BCUT2D eigenvalue weighted by Gasteiger charge is -2.30. The van der Waals surface area contributed by atoms with E-state index in [-0.39, 0.29) is 0 Å². The summed E-state index contributed by atoms with van der Waals surface area (Å²) < 4.78 is 0. The quantitative estimate of drug-likeness (QED) is 0.107. The van der Waals surface area contributed by atoms with Crippen LogP contribution < -0.4 is 0 Å². The van der Waals surface area contributed by atoms with Crippen molar-refractivity contribution >= 4 is 0 Å². The van der Waals surface area contributed by atoms with E-state index in [9.17, 15) is 0 Å². The Kier molecular flexibility index (Phi) is 14.8. The summed E-state index contributed by atoms with van der Waals surface area (Å²) in [6.07, 6.45) is 0. The molecule has 0 fully saturated rings. The van der Waals surface area contributed by atoms with Gasteiger partial charge < -0.3 is 0 Å². The molecule has 14 aromatic carbocycles. The van der Waals surface area contributed by atoms with Crippen LogP contribution >= 0.6 is 0 Å². The summed E-state index contributed by atoms with van der Waals surface area (Å²) in [6.45, 7) is 0. The number of hydrogen-bond donors (Lipinski definition) is 0. The van der Waals surface area contributed by atoms with Gasteiger partial charge in [0.25, 0.3) is 0 Å². The lowest BCUT2D eigenvalue weighted by atomic mass is 9.72. The maximum absolute atomic E-state index is 3.83. The van der Waals surface area contributed by atoms with Crippen molar-refractivity contribution in [3.05, 3.63) is 363 Å². The predicted molar refractivity (Wildman–Crippen MR) is 364 cm³/mol. The van der Waals surface area contributed by atoms with Crippen LogP contribution in [0.4, 0.5) is 0 Å². The van der Waals surface area contributed by atoms with E-state index in [0.717, 1.165) is 134 Å². The third-order valence-corrected chi connectivity index (χ3v) is 16.3. The second-order valence-corrected chi connectivity index (χ2v) is 21.6. The van der Waals surface area contributed by atoms with Gasteiger partial charge in [-0.3, -0.25) is 0 Å². The molecule has 0 aliphatic heterocycles. The Balaban J connectivity index is 1.26. The monoisotopic (exact) mass is 1090 g/mol. The Morgan fingerprint density at radius 3 is 0.430 bits per heavy atom. The van der Waals surface area contributed by atoms with E-state index in [1.165, 1.54) is 11.1 Å². The third kappa shape index (κ3) is 10.4. The highest BCUT2D eigenvalue weighted by Gasteiger charge is 2.32. The molecule has 14 rings (SSSR count). The van der Waals surface area contributed by atoms with Crippen molar-refractivity contribution in [3.8, 4) is 145 Å². The zero-order valence-electron chi connectivity index (χ0n) is 47.5. The Bertz CT molecular complexity index is 4210. The van der Waals surface area contributed by atoms with E-state index in [4.69, 9.17) is 0 Å². The fraction of sp³-hybridized carbons (Fsp3) is 0. The zero-order valence-corrected chi connectivity index (χ0v) is 47.5. The summed E-state index contributed by atoms with van der Waals surface area (Å²) in [5.41, 5.74) is 28.8. The first-order valence-electron chi connectivity index (χ1n) is 29.5. The van der Waals surface area contributed by atoms with Crippen molar-refractivity contribution in [2.75, 3.05) is 0 Å². The third-order valence-electron chi connectivity index (χ3n) is 16.3. The van der Waals surface area contributed by atoms with E-state index in [1.807, 2.05) is 0 Å². The average molecular weight is 1090 g/mol. The van der Waals surface area contributed by atoms with Gasteiger partial charge in [0.15, 0.2) is 0 Å². The largest absolute Gasteiger partial charge is 0.0622 e. The van der Waals surface area contributed by atoms with Gasteiger partial charge in [0.2, 0.25) is 0 Å². The fourth-order valence-electron chi connectivity index (χ4n) is 12.7. The van der Waals surface area contributed by atoms with E-state index in [2.05, 4.69) is 364 Å². The van der Waals surface area contributed by atoms with Gasteiger partial charge in [-0.25, -0.2) is 0 Å². The molecule has 0 heterocycles. The molecule has 14 aromatic rings. The standard InChI is InChI=1S/C86H58/c1-12-34-61(35-13-1)56-57-62-58-73(85-81(69-48-26-8-27-49-69)77(65-40-18-4-19-41-65)75(63-36-14-2-15-37-63)78(66-42-20-5-21-43-66)82(85)70-50-28-9-29-51-70)60-74(59-62)86-83(71-52-30-10-31-53-71)79(67-44-22-6-23-45-67)76(64-38-16-3-17-39-64)80(68-46-24-7-25-47-68)84(86)72-54-32-11-33-55-72/h1-55,58-60H. The fourth-order valence-corrected chi connectivity index (χ4v) is 12.7. The molecule has 0 amide bonds. The predicted octanol–water partition coefficient (Wildman–Crippen LogP) is 23.1. The molecule has 0 spiro atoms. The molecule has 0 unspecified atom stereocenters. The summed E-state index contributed by atoms with van der Waals surface area (Å²) in [4.78, 5) is 0. The van der Waals surface area contributed by atoms with Crippen LogP contribution in [-0.2, 0) is 0 Å². The maximum Gasteiger partial charge on any atom is 0.0261 e. The molecule has 0 atom stereocenters. The molecule has 0 aliphatic rings. The van der Waals surface area contributed by atoms with Crippen LogP contribution in [0.2, 0.25) is 0 Å². The topological polar surface area (TPSA) is 0 Å².